The van der Waals surface area contributed by atoms with Crippen molar-refractivity contribution in [1.82, 2.24) is 5.32 Å². The van der Waals surface area contributed by atoms with Gasteiger partial charge in [0.15, 0.2) is 0 Å². The van der Waals surface area contributed by atoms with Gasteiger partial charge in [0.2, 0.25) is 0 Å². The fourth-order valence-corrected chi connectivity index (χ4v) is 3.02. The molecule has 0 unspecified atom stereocenters. The molecule has 1 nitrogen and oxygen atoms in total. The summed E-state index contributed by atoms with van der Waals surface area (Å²) >= 11 is 6.24. The smallest absolute Gasteiger partial charge is 0.0453 e. The van der Waals surface area contributed by atoms with Gasteiger partial charge in [-0.05, 0) is 34.9 Å². The van der Waals surface area contributed by atoms with Crippen molar-refractivity contribution in [1.29, 1.82) is 0 Å². The first kappa shape index (κ1) is 12.9. The van der Waals surface area contributed by atoms with Crippen molar-refractivity contribution in [3.8, 4) is 0 Å². The standard InChI is InChI=1S/C15H22ClN/c1-10-6-7-11(12(16)8-10)9-17-13-14(2,3)15(13,4)5/h6-8,13,17H,9H2,1-5H3. The molecule has 17 heavy (non-hydrogen) atoms. The van der Waals surface area contributed by atoms with Crippen LogP contribution in [0.1, 0.15) is 38.8 Å². The highest BCUT2D eigenvalue weighted by Crippen LogP contribution is 2.62. The quantitative estimate of drug-likeness (QED) is 0.850. The topological polar surface area (TPSA) is 12.0 Å². The molecule has 94 valence electrons. The summed E-state index contributed by atoms with van der Waals surface area (Å²) < 4.78 is 0. The Morgan fingerprint density at radius 1 is 1.18 bits per heavy atom. The van der Waals surface area contributed by atoms with Crippen LogP contribution in [0.5, 0.6) is 0 Å². The number of aryl methyl sites for hydroxylation is 1. The van der Waals surface area contributed by atoms with E-state index in [9.17, 15) is 0 Å². The van der Waals surface area contributed by atoms with E-state index >= 15 is 0 Å². The number of rotatable bonds is 3. The summed E-state index contributed by atoms with van der Waals surface area (Å²) in [6, 6.07) is 6.84. The molecule has 2 rings (SSSR count). The third-order valence-electron chi connectivity index (χ3n) is 4.73. The van der Waals surface area contributed by atoms with E-state index in [4.69, 9.17) is 11.6 Å². The van der Waals surface area contributed by atoms with Crippen LogP contribution in [0.3, 0.4) is 0 Å². The van der Waals surface area contributed by atoms with E-state index in [0.29, 0.717) is 16.9 Å². The zero-order chi connectivity index (χ0) is 12.8. The summed E-state index contributed by atoms with van der Waals surface area (Å²) in [6.07, 6.45) is 0. The lowest BCUT2D eigenvalue weighted by atomic mass is 10.0. The summed E-state index contributed by atoms with van der Waals surface area (Å²) in [4.78, 5) is 0. The SMILES string of the molecule is Cc1ccc(CNC2C(C)(C)C2(C)C)c(Cl)c1. The van der Waals surface area contributed by atoms with Crippen LogP contribution in [0.2, 0.25) is 5.02 Å². The van der Waals surface area contributed by atoms with Crippen LogP contribution in [-0.4, -0.2) is 6.04 Å². The van der Waals surface area contributed by atoms with Gasteiger partial charge in [0, 0.05) is 17.6 Å². The predicted octanol–water partition coefficient (Wildman–Crippen LogP) is 4.17. The number of benzene rings is 1. The van der Waals surface area contributed by atoms with Gasteiger partial charge in [-0.15, -0.1) is 0 Å². The highest BCUT2D eigenvalue weighted by atomic mass is 35.5. The lowest BCUT2D eigenvalue weighted by Gasteiger charge is -2.09. The van der Waals surface area contributed by atoms with Crippen LogP contribution in [0.4, 0.5) is 0 Å². The van der Waals surface area contributed by atoms with E-state index in [-0.39, 0.29) is 0 Å². The molecule has 1 aromatic rings. The highest BCUT2D eigenvalue weighted by molar-refractivity contribution is 6.31. The summed E-state index contributed by atoms with van der Waals surface area (Å²) in [7, 11) is 0. The van der Waals surface area contributed by atoms with Gasteiger partial charge < -0.3 is 5.32 Å². The van der Waals surface area contributed by atoms with Crippen molar-refractivity contribution in [2.75, 3.05) is 0 Å². The second-order valence-electron chi connectivity index (χ2n) is 6.35. The molecule has 0 heterocycles. The fraction of sp³-hybridized carbons (Fsp3) is 0.600. The van der Waals surface area contributed by atoms with Crippen molar-refractivity contribution in [2.24, 2.45) is 10.8 Å². The molecule has 0 aromatic heterocycles. The molecule has 0 amide bonds. The van der Waals surface area contributed by atoms with Gasteiger partial charge in [0.1, 0.15) is 0 Å². The summed E-state index contributed by atoms with van der Waals surface area (Å²) in [5.41, 5.74) is 3.16. The fourth-order valence-electron chi connectivity index (χ4n) is 2.71. The first-order valence-corrected chi connectivity index (χ1v) is 6.63. The minimum absolute atomic E-state index is 0.379. The molecule has 1 fully saturated rings. The molecule has 0 radical (unpaired) electrons. The van der Waals surface area contributed by atoms with Gasteiger partial charge in [-0.2, -0.15) is 0 Å². The second-order valence-corrected chi connectivity index (χ2v) is 6.76. The molecular weight excluding hydrogens is 230 g/mol. The van der Waals surface area contributed by atoms with Crippen molar-refractivity contribution in [3.63, 3.8) is 0 Å². The molecule has 1 saturated carbocycles. The van der Waals surface area contributed by atoms with Crippen LogP contribution in [-0.2, 0) is 6.54 Å². The Morgan fingerprint density at radius 2 is 1.76 bits per heavy atom. The Morgan fingerprint density at radius 3 is 2.24 bits per heavy atom. The second kappa shape index (κ2) is 4.00. The molecule has 1 aliphatic rings. The van der Waals surface area contributed by atoms with E-state index in [0.717, 1.165) is 11.6 Å². The highest BCUT2D eigenvalue weighted by Gasteiger charge is 2.64. The lowest BCUT2D eigenvalue weighted by molar-refractivity contribution is 0.457. The van der Waals surface area contributed by atoms with Gasteiger partial charge >= 0.3 is 0 Å². The third-order valence-corrected chi connectivity index (χ3v) is 5.08. The molecule has 0 aliphatic heterocycles. The van der Waals surface area contributed by atoms with Crippen molar-refractivity contribution in [2.45, 2.75) is 47.2 Å². The normalized spacial score (nSPS) is 21.5. The largest absolute Gasteiger partial charge is 0.309 e. The molecule has 1 aliphatic carbocycles. The number of nitrogens with one attached hydrogen (secondary N) is 1. The van der Waals surface area contributed by atoms with Crippen LogP contribution in [0, 0.1) is 17.8 Å². The van der Waals surface area contributed by atoms with Crippen LogP contribution >= 0.6 is 11.6 Å². The Hall–Kier alpha value is -0.530. The van der Waals surface area contributed by atoms with E-state index < -0.39 is 0 Å². The van der Waals surface area contributed by atoms with E-state index in [2.05, 4.69) is 52.1 Å². The lowest BCUT2D eigenvalue weighted by Crippen LogP contribution is -2.21. The van der Waals surface area contributed by atoms with E-state index in [1.165, 1.54) is 11.1 Å². The van der Waals surface area contributed by atoms with Gasteiger partial charge in [0.05, 0.1) is 0 Å². The molecule has 0 bridgehead atoms. The third kappa shape index (κ3) is 2.11. The summed E-state index contributed by atoms with van der Waals surface area (Å²) in [6.45, 7) is 12.2. The number of halogens is 1. The van der Waals surface area contributed by atoms with Gasteiger partial charge in [-0.3, -0.25) is 0 Å². The van der Waals surface area contributed by atoms with E-state index in [1.807, 2.05) is 6.07 Å². The maximum absolute atomic E-state index is 6.24. The molecular formula is C15H22ClN. The minimum Gasteiger partial charge on any atom is -0.309 e. The van der Waals surface area contributed by atoms with Crippen LogP contribution in [0.25, 0.3) is 0 Å². The Kier molecular flexibility index (Phi) is 3.04. The summed E-state index contributed by atoms with van der Waals surface area (Å²) in [5.74, 6) is 0. The Labute approximate surface area is 110 Å². The average molecular weight is 252 g/mol. The first-order chi connectivity index (χ1) is 7.76. The molecule has 1 aromatic carbocycles. The molecule has 0 saturated heterocycles. The minimum atomic E-state index is 0.379. The van der Waals surface area contributed by atoms with Crippen molar-refractivity contribution < 1.29 is 0 Å². The van der Waals surface area contributed by atoms with Crippen molar-refractivity contribution >= 4 is 11.6 Å². The zero-order valence-corrected chi connectivity index (χ0v) is 12.2. The first-order valence-electron chi connectivity index (χ1n) is 6.25. The van der Waals surface area contributed by atoms with E-state index in [1.54, 1.807) is 0 Å². The summed E-state index contributed by atoms with van der Waals surface area (Å²) in [5, 5.41) is 4.50. The zero-order valence-electron chi connectivity index (χ0n) is 11.4. The molecule has 0 spiro atoms. The van der Waals surface area contributed by atoms with Gasteiger partial charge in [-0.1, -0.05) is 51.4 Å². The number of hydrogen-bond donors (Lipinski definition) is 1. The average Bonchev–Trinajstić information content (AvgIpc) is 2.58. The maximum Gasteiger partial charge on any atom is 0.0453 e. The van der Waals surface area contributed by atoms with Crippen LogP contribution in [0.15, 0.2) is 18.2 Å². The van der Waals surface area contributed by atoms with Gasteiger partial charge in [-0.25, -0.2) is 0 Å². The molecule has 2 heteroatoms. The van der Waals surface area contributed by atoms with Gasteiger partial charge in [0.25, 0.3) is 0 Å². The monoisotopic (exact) mass is 251 g/mol. The Balaban J connectivity index is 2.00. The van der Waals surface area contributed by atoms with Crippen molar-refractivity contribution in [3.05, 3.63) is 34.3 Å². The number of hydrogen-bond acceptors (Lipinski definition) is 1. The maximum atomic E-state index is 6.24. The van der Waals surface area contributed by atoms with Crippen LogP contribution < -0.4 is 5.32 Å². The predicted molar refractivity (Wildman–Crippen MR) is 74.4 cm³/mol. The molecule has 1 N–H and O–H groups in total. The molecule has 0 atom stereocenters. The Bertz CT molecular complexity index is 421.